The molecule has 306 valence electrons. The normalized spacial score (nSPS) is 12.2. The summed E-state index contributed by atoms with van der Waals surface area (Å²) in [6.07, 6.45) is 7.63. The van der Waals surface area contributed by atoms with Crippen molar-refractivity contribution in [3.8, 4) is 5.75 Å². The standard InChI is InChI=1S/C41H57N11O5/c1-6-10-12-28(8-3)34-26-36(53)46-38(44-34)48-40(55)42-22-24-52(32-18-14-30(15-19-32)50-51-31-16-20-33(57-5)21-17-31)25-23-43-41(56)49-39-45-35(27-37(54)47-39)29(9-4)13-11-7-2/h14-21,26-29H,6-13,22-25H2,1-5H3,(H3,42,44,46,48,53,55)(H3,43,45,47,49,54,56). The van der Waals surface area contributed by atoms with Crippen molar-refractivity contribution in [2.45, 2.75) is 90.9 Å². The van der Waals surface area contributed by atoms with Crippen molar-refractivity contribution in [2.75, 3.05) is 48.8 Å². The molecular weight excluding hydrogens is 727 g/mol. The summed E-state index contributed by atoms with van der Waals surface area (Å²) in [6, 6.07) is 16.6. The summed E-state index contributed by atoms with van der Waals surface area (Å²) in [5.41, 5.74) is 2.79. The number of nitrogens with one attached hydrogen (secondary N) is 6. The first kappa shape index (κ1) is 43.7. The Kier molecular flexibility index (Phi) is 17.7. The first-order valence-corrected chi connectivity index (χ1v) is 19.9. The fourth-order valence-electron chi connectivity index (χ4n) is 6.29. The minimum Gasteiger partial charge on any atom is -0.497 e. The molecule has 16 heteroatoms. The SMILES string of the molecule is CCCCC(CC)c1cc(=O)[nH]c(NC(=O)NCCN(CCNC(=O)Nc2nc(C(CC)CCCC)cc(=O)[nH]2)c2ccc(N=Nc3ccc(OC)cc3)cc2)n1. The number of unbranched alkanes of at least 4 members (excludes halogenated alkanes) is 2. The molecule has 2 aromatic carbocycles. The van der Waals surface area contributed by atoms with Gasteiger partial charge in [0.2, 0.25) is 11.9 Å². The molecule has 2 heterocycles. The molecule has 4 rings (SSSR count). The minimum absolute atomic E-state index is 0.0870. The Morgan fingerprint density at radius 3 is 1.54 bits per heavy atom. The third-order valence-corrected chi connectivity index (χ3v) is 9.52. The van der Waals surface area contributed by atoms with Gasteiger partial charge in [0.05, 0.1) is 29.9 Å². The molecule has 0 aliphatic rings. The number of rotatable bonds is 22. The lowest BCUT2D eigenvalue weighted by Crippen LogP contribution is -2.41. The predicted octanol–water partition coefficient (Wildman–Crippen LogP) is 8.09. The van der Waals surface area contributed by atoms with E-state index in [9.17, 15) is 19.2 Å². The number of benzene rings is 2. The number of urea groups is 2. The summed E-state index contributed by atoms with van der Waals surface area (Å²) in [5, 5.41) is 19.6. The van der Waals surface area contributed by atoms with Gasteiger partial charge in [0.15, 0.2) is 0 Å². The highest BCUT2D eigenvalue weighted by Gasteiger charge is 2.16. The number of azo groups is 1. The van der Waals surface area contributed by atoms with Crippen molar-refractivity contribution < 1.29 is 14.3 Å². The Labute approximate surface area is 333 Å². The Hall–Kier alpha value is -6.06. The van der Waals surface area contributed by atoms with Crippen molar-refractivity contribution in [1.29, 1.82) is 0 Å². The van der Waals surface area contributed by atoms with E-state index < -0.39 is 12.1 Å². The molecule has 0 saturated heterocycles. The molecule has 0 spiro atoms. The highest BCUT2D eigenvalue weighted by atomic mass is 16.5. The molecule has 6 N–H and O–H groups in total. The molecule has 0 bridgehead atoms. The molecule has 0 radical (unpaired) electrons. The zero-order valence-corrected chi connectivity index (χ0v) is 33.7. The summed E-state index contributed by atoms with van der Waals surface area (Å²) in [4.78, 5) is 67.0. The number of carbonyl (C=O) groups is 2. The van der Waals surface area contributed by atoms with E-state index in [0.29, 0.717) is 35.9 Å². The van der Waals surface area contributed by atoms with E-state index in [-0.39, 0.29) is 47.9 Å². The predicted molar refractivity (Wildman–Crippen MR) is 225 cm³/mol. The van der Waals surface area contributed by atoms with Gasteiger partial charge in [-0.05, 0) is 74.2 Å². The highest BCUT2D eigenvalue weighted by Crippen LogP contribution is 2.26. The lowest BCUT2D eigenvalue weighted by Gasteiger charge is -2.25. The largest absolute Gasteiger partial charge is 0.497 e. The van der Waals surface area contributed by atoms with Crippen LogP contribution in [0.2, 0.25) is 0 Å². The second-order valence-electron chi connectivity index (χ2n) is 13.7. The average molecular weight is 784 g/mol. The molecular formula is C41H57N11O5. The molecule has 16 nitrogen and oxygen atoms in total. The molecule has 2 aromatic heterocycles. The van der Waals surface area contributed by atoms with Gasteiger partial charge in [0.1, 0.15) is 5.75 Å². The average Bonchev–Trinajstić information content (AvgIpc) is 3.20. The number of aromatic nitrogens is 4. The zero-order chi connectivity index (χ0) is 41.0. The lowest BCUT2D eigenvalue weighted by molar-refractivity contribution is 0.251. The van der Waals surface area contributed by atoms with Crippen LogP contribution in [-0.2, 0) is 0 Å². The fourth-order valence-corrected chi connectivity index (χ4v) is 6.29. The monoisotopic (exact) mass is 783 g/mol. The van der Waals surface area contributed by atoms with Crippen molar-refractivity contribution in [3.05, 3.63) is 92.8 Å². The maximum atomic E-state index is 12.9. The number of aromatic amines is 2. The van der Waals surface area contributed by atoms with Crippen LogP contribution in [0.4, 0.5) is 38.5 Å². The number of methoxy groups -OCH3 is 1. The van der Waals surface area contributed by atoms with Gasteiger partial charge in [-0.15, -0.1) is 0 Å². The number of amides is 4. The molecule has 4 aromatic rings. The van der Waals surface area contributed by atoms with Gasteiger partial charge in [-0.3, -0.25) is 30.2 Å². The molecule has 0 aliphatic carbocycles. The van der Waals surface area contributed by atoms with E-state index in [4.69, 9.17) is 4.74 Å². The molecule has 57 heavy (non-hydrogen) atoms. The molecule has 2 atom stereocenters. The van der Waals surface area contributed by atoms with E-state index in [1.807, 2.05) is 53.4 Å². The van der Waals surface area contributed by atoms with Crippen LogP contribution < -0.4 is 42.0 Å². The summed E-state index contributed by atoms with van der Waals surface area (Å²) in [5.74, 6) is 1.16. The quantitative estimate of drug-likeness (QED) is 0.0428. The molecule has 2 unspecified atom stereocenters. The van der Waals surface area contributed by atoms with E-state index in [1.165, 1.54) is 12.1 Å². The second-order valence-corrected chi connectivity index (χ2v) is 13.7. The second kappa shape index (κ2) is 23.1. The lowest BCUT2D eigenvalue weighted by atomic mass is 9.96. The maximum Gasteiger partial charge on any atom is 0.321 e. The number of carbonyl (C=O) groups excluding carboxylic acids is 2. The van der Waals surface area contributed by atoms with Crippen LogP contribution in [0, 0.1) is 0 Å². The van der Waals surface area contributed by atoms with Gasteiger partial charge in [-0.1, -0.05) is 53.4 Å². The summed E-state index contributed by atoms with van der Waals surface area (Å²) in [7, 11) is 1.60. The van der Waals surface area contributed by atoms with Crippen LogP contribution in [0.1, 0.15) is 102 Å². The number of hydrogen-bond donors (Lipinski definition) is 6. The zero-order valence-electron chi connectivity index (χ0n) is 33.7. The summed E-state index contributed by atoms with van der Waals surface area (Å²) >= 11 is 0. The number of ether oxygens (including phenoxy) is 1. The molecule has 0 fully saturated rings. The summed E-state index contributed by atoms with van der Waals surface area (Å²) < 4.78 is 5.20. The van der Waals surface area contributed by atoms with Gasteiger partial charge in [-0.2, -0.15) is 10.2 Å². The van der Waals surface area contributed by atoms with Crippen molar-refractivity contribution >= 4 is 41.0 Å². The van der Waals surface area contributed by atoms with E-state index in [0.717, 1.165) is 62.8 Å². The smallest absolute Gasteiger partial charge is 0.321 e. The Morgan fingerprint density at radius 2 is 1.14 bits per heavy atom. The maximum absolute atomic E-state index is 12.9. The van der Waals surface area contributed by atoms with Crippen LogP contribution in [0.3, 0.4) is 0 Å². The number of H-pyrrole nitrogens is 2. The number of nitrogens with zero attached hydrogens (tertiary/aromatic N) is 5. The van der Waals surface area contributed by atoms with Crippen LogP contribution in [0.15, 0.2) is 80.5 Å². The van der Waals surface area contributed by atoms with Gasteiger partial charge < -0.3 is 20.3 Å². The highest BCUT2D eigenvalue weighted by molar-refractivity contribution is 5.87. The minimum atomic E-state index is -0.521. The Morgan fingerprint density at radius 1 is 0.702 bits per heavy atom. The first-order valence-electron chi connectivity index (χ1n) is 19.9. The number of anilines is 3. The molecule has 4 amide bonds. The Balaban J connectivity index is 1.41. The fraction of sp³-hybridized carbons (Fsp3) is 0.463. The van der Waals surface area contributed by atoms with Crippen molar-refractivity contribution in [3.63, 3.8) is 0 Å². The summed E-state index contributed by atoms with van der Waals surface area (Å²) in [6.45, 7) is 9.56. The third kappa shape index (κ3) is 14.5. The first-order chi connectivity index (χ1) is 27.6. The van der Waals surface area contributed by atoms with Crippen LogP contribution in [0.25, 0.3) is 0 Å². The van der Waals surface area contributed by atoms with Gasteiger partial charge >= 0.3 is 12.1 Å². The Bertz CT molecular complexity index is 1900. The van der Waals surface area contributed by atoms with Gasteiger partial charge in [-0.25, -0.2) is 19.6 Å². The number of hydrogen-bond acceptors (Lipinski definition) is 10. The third-order valence-electron chi connectivity index (χ3n) is 9.52. The van der Waals surface area contributed by atoms with Crippen LogP contribution in [0.5, 0.6) is 5.75 Å². The van der Waals surface area contributed by atoms with Crippen molar-refractivity contribution in [1.82, 2.24) is 30.6 Å². The molecule has 0 saturated carbocycles. The topological polar surface area (TPSA) is 211 Å². The molecule has 0 aliphatic heterocycles. The van der Waals surface area contributed by atoms with E-state index >= 15 is 0 Å². The van der Waals surface area contributed by atoms with Gasteiger partial charge in [0.25, 0.3) is 11.1 Å². The van der Waals surface area contributed by atoms with Gasteiger partial charge in [0, 0.05) is 55.8 Å². The van der Waals surface area contributed by atoms with Crippen LogP contribution >= 0.6 is 0 Å². The van der Waals surface area contributed by atoms with Crippen LogP contribution in [-0.4, -0.2) is 65.3 Å². The van der Waals surface area contributed by atoms with Crippen molar-refractivity contribution in [2.24, 2.45) is 10.2 Å². The van der Waals surface area contributed by atoms with E-state index in [2.05, 4.69) is 79.1 Å². The van der Waals surface area contributed by atoms with E-state index in [1.54, 1.807) is 7.11 Å².